The van der Waals surface area contributed by atoms with Gasteiger partial charge in [0.15, 0.2) is 0 Å². The third kappa shape index (κ3) is 8.21. The third-order valence-electron chi connectivity index (χ3n) is 5.10. The Balaban J connectivity index is 0.00000320. The van der Waals surface area contributed by atoms with E-state index in [1.807, 2.05) is 36.4 Å². The molecule has 0 aromatic heterocycles. The lowest BCUT2D eigenvalue weighted by molar-refractivity contribution is -0.148. The Morgan fingerprint density at radius 1 is 1.07 bits per heavy atom. The highest BCUT2D eigenvalue weighted by atomic mass is 35.5. The van der Waals surface area contributed by atoms with Crippen molar-refractivity contribution in [2.45, 2.75) is 38.7 Å². The predicted octanol–water partition coefficient (Wildman–Crippen LogP) is 5.47. The summed E-state index contributed by atoms with van der Waals surface area (Å²) in [6.07, 6.45) is 8.43. The van der Waals surface area contributed by atoms with Crippen LogP contribution in [-0.2, 0) is 9.53 Å². The molecular weight excluding hydrogens is 398 g/mol. The maximum Gasteiger partial charge on any atom is 0.302 e. The van der Waals surface area contributed by atoms with Gasteiger partial charge in [0.1, 0.15) is 11.9 Å². The van der Waals surface area contributed by atoms with Crippen LogP contribution in [0.4, 0.5) is 0 Å². The van der Waals surface area contributed by atoms with Gasteiger partial charge in [0, 0.05) is 19.0 Å². The number of para-hydroxylation sites is 1. The second-order valence-electron chi connectivity index (χ2n) is 7.51. The first-order valence-electron chi connectivity index (χ1n) is 10.6. The number of nitrogens with zero attached hydrogens (tertiary/aromatic N) is 1. The van der Waals surface area contributed by atoms with Crippen LogP contribution in [0, 0.1) is 0 Å². The summed E-state index contributed by atoms with van der Waals surface area (Å²) in [6, 6.07) is 18.4. The van der Waals surface area contributed by atoms with Crippen molar-refractivity contribution in [2.75, 3.05) is 26.2 Å². The van der Waals surface area contributed by atoms with Gasteiger partial charge < -0.3 is 9.47 Å². The molecule has 0 radical (unpaired) electrons. The molecule has 0 aliphatic carbocycles. The number of ether oxygens (including phenoxy) is 2. The van der Waals surface area contributed by atoms with Crippen molar-refractivity contribution < 1.29 is 14.3 Å². The van der Waals surface area contributed by atoms with Crippen LogP contribution in [-0.4, -0.2) is 43.2 Å². The van der Waals surface area contributed by atoms with Crippen LogP contribution in [0.5, 0.6) is 5.75 Å². The molecule has 1 heterocycles. The fourth-order valence-electron chi connectivity index (χ4n) is 3.67. The smallest absolute Gasteiger partial charge is 0.302 e. The van der Waals surface area contributed by atoms with Crippen LogP contribution in [0.1, 0.15) is 43.7 Å². The molecule has 1 saturated heterocycles. The number of piperidine rings is 1. The molecule has 2 aromatic carbocycles. The fraction of sp³-hybridized carbons (Fsp3) is 0.400. The molecular formula is C25H32ClNO3. The first-order valence-corrected chi connectivity index (χ1v) is 10.6. The summed E-state index contributed by atoms with van der Waals surface area (Å²) in [4.78, 5) is 13.5. The molecule has 0 bridgehead atoms. The average molecular weight is 430 g/mol. The SMILES string of the molecule is CC(=O)OC1CCCN(CCCCOc2ccccc2/C=C/c2ccccc2)C1.Cl. The molecule has 1 unspecified atom stereocenters. The lowest BCUT2D eigenvalue weighted by Crippen LogP contribution is -2.40. The zero-order chi connectivity index (χ0) is 20.3. The first-order chi connectivity index (χ1) is 14.2. The first kappa shape index (κ1) is 24.0. The summed E-state index contributed by atoms with van der Waals surface area (Å²) < 4.78 is 11.4. The molecule has 0 N–H and O–H groups in total. The molecule has 1 aliphatic rings. The summed E-state index contributed by atoms with van der Waals surface area (Å²) in [5, 5.41) is 0. The van der Waals surface area contributed by atoms with E-state index in [1.54, 1.807) is 0 Å². The summed E-state index contributed by atoms with van der Waals surface area (Å²) in [7, 11) is 0. The Hall–Kier alpha value is -2.30. The minimum Gasteiger partial charge on any atom is -0.493 e. The van der Waals surface area contributed by atoms with Crippen LogP contribution in [0.2, 0.25) is 0 Å². The van der Waals surface area contributed by atoms with Crippen LogP contribution >= 0.6 is 12.4 Å². The van der Waals surface area contributed by atoms with Crippen LogP contribution in [0.25, 0.3) is 12.2 Å². The summed E-state index contributed by atoms with van der Waals surface area (Å²) >= 11 is 0. The largest absolute Gasteiger partial charge is 0.493 e. The Morgan fingerprint density at radius 2 is 1.83 bits per heavy atom. The van der Waals surface area contributed by atoms with Gasteiger partial charge >= 0.3 is 5.97 Å². The van der Waals surface area contributed by atoms with E-state index in [-0.39, 0.29) is 24.5 Å². The topological polar surface area (TPSA) is 38.8 Å². The van der Waals surface area contributed by atoms with Gasteiger partial charge in [-0.2, -0.15) is 0 Å². The molecule has 2 aromatic rings. The van der Waals surface area contributed by atoms with E-state index in [1.165, 1.54) is 12.5 Å². The Bertz CT molecular complexity index is 794. The Morgan fingerprint density at radius 3 is 2.63 bits per heavy atom. The molecule has 1 aliphatic heterocycles. The highest BCUT2D eigenvalue weighted by molar-refractivity contribution is 5.85. The highest BCUT2D eigenvalue weighted by Gasteiger charge is 2.21. The lowest BCUT2D eigenvalue weighted by Gasteiger charge is -2.32. The van der Waals surface area contributed by atoms with Gasteiger partial charge in [-0.3, -0.25) is 9.69 Å². The molecule has 30 heavy (non-hydrogen) atoms. The van der Waals surface area contributed by atoms with Crippen molar-refractivity contribution in [3.63, 3.8) is 0 Å². The minimum atomic E-state index is -0.176. The van der Waals surface area contributed by atoms with E-state index < -0.39 is 0 Å². The second-order valence-corrected chi connectivity index (χ2v) is 7.51. The van der Waals surface area contributed by atoms with Gasteiger partial charge in [-0.25, -0.2) is 0 Å². The standard InChI is InChI=1S/C25H31NO3.ClH/c1-21(27)29-24-13-9-18-26(20-24)17-7-8-19-28-25-14-6-5-12-23(25)16-15-22-10-3-2-4-11-22;/h2-6,10-12,14-16,24H,7-9,13,17-20H2,1H3;1H/b16-15+;. The zero-order valence-corrected chi connectivity index (χ0v) is 18.5. The number of hydrogen-bond donors (Lipinski definition) is 0. The van der Waals surface area contributed by atoms with Gasteiger partial charge in [-0.05, 0) is 50.4 Å². The van der Waals surface area contributed by atoms with Crippen LogP contribution in [0.3, 0.4) is 0 Å². The predicted molar refractivity (Wildman–Crippen MR) is 125 cm³/mol. The van der Waals surface area contributed by atoms with E-state index in [9.17, 15) is 4.79 Å². The van der Waals surface area contributed by atoms with Gasteiger partial charge in [-0.1, -0.05) is 60.7 Å². The number of carbonyl (C=O) groups is 1. The zero-order valence-electron chi connectivity index (χ0n) is 17.7. The molecule has 0 saturated carbocycles. The summed E-state index contributed by atoms with van der Waals surface area (Å²) in [5.41, 5.74) is 2.27. The third-order valence-corrected chi connectivity index (χ3v) is 5.10. The summed E-state index contributed by atoms with van der Waals surface area (Å²) in [6.45, 7) is 5.16. The van der Waals surface area contributed by atoms with Crippen molar-refractivity contribution >= 4 is 30.5 Å². The van der Waals surface area contributed by atoms with Crippen molar-refractivity contribution in [1.29, 1.82) is 0 Å². The highest BCUT2D eigenvalue weighted by Crippen LogP contribution is 2.21. The van der Waals surface area contributed by atoms with E-state index in [4.69, 9.17) is 9.47 Å². The van der Waals surface area contributed by atoms with Gasteiger partial charge in [-0.15, -0.1) is 12.4 Å². The van der Waals surface area contributed by atoms with E-state index in [0.717, 1.165) is 56.6 Å². The molecule has 3 rings (SSSR count). The average Bonchev–Trinajstić information content (AvgIpc) is 2.73. The van der Waals surface area contributed by atoms with Crippen molar-refractivity contribution in [3.05, 3.63) is 65.7 Å². The van der Waals surface area contributed by atoms with Crippen molar-refractivity contribution in [1.82, 2.24) is 4.90 Å². The monoisotopic (exact) mass is 429 g/mol. The minimum absolute atomic E-state index is 0. The van der Waals surface area contributed by atoms with Crippen molar-refractivity contribution in [2.24, 2.45) is 0 Å². The number of likely N-dealkylation sites (tertiary alicyclic amines) is 1. The van der Waals surface area contributed by atoms with Gasteiger partial charge in [0.2, 0.25) is 0 Å². The number of halogens is 1. The number of hydrogen-bond acceptors (Lipinski definition) is 4. The quantitative estimate of drug-likeness (QED) is 0.301. The van der Waals surface area contributed by atoms with Gasteiger partial charge in [0.25, 0.3) is 0 Å². The Kier molecular flexibility index (Phi) is 10.5. The molecule has 4 nitrogen and oxygen atoms in total. The lowest BCUT2D eigenvalue weighted by atomic mass is 10.1. The maximum atomic E-state index is 11.1. The number of carbonyl (C=O) groups excluding carboxylic acids is 1. The second kappa shape index (κ2) is 13.1. The number of unbranched alkanes of at least 4 members (excludes halogenated alkanes) is 1. The van der Waals surface area contributed by atoms with Crippen molar-refractivity contribution in [3.8, 4) is 5.75 Å². The Labute approximate surface area is 186 Å². The molecule has 0 spiro atoms. The van der Waals surface area contributed by atoms with Gasteiger partial charge in [0.05, 0.1) is 6.61 Å². The van der Waals surface area contributed by atoms with Crippen LogP contribution < -0.4 is 4.74 Å². The van der Waals surface area contributed by atoms with E-state index in [0.29, 0.717) is 6.61 Å². The molecule has 162 valence electrons. The van der Waals surface area contributed by atoms with Crippen LogP contribution in [0.15, 0.2) is 54.6 Å². The maximum absolute atomic E-state index is 11.1. The number of rotatable bonds is 9. The summed E-state index contributed by atoms with van der Waals surface area (Å²) in [5.74, 6) is 0.748. The number of esters is 1. The van der Waals surface area contributed by atoms with E-state index >= 15 is 0 Å². The number of benzene rings is 2. The molecule has 1 atom stereocenters. The fourth-order valence-corrected chi connectivity index (χ4v) is 3.67. The molecule has 1 fully saturated rings. The normalized spacial score (nSPS) is 16.8. The van der Waals surface area contributed by atoms with E-state index in [2.05, 4.69) is 35.3 Å². The molecule has 5 heteroatoms. The molecule has 0 amide bonds.